The summed E-state index contributed by atoms with van der Waals surface area (Å²) in [6.45, 7) is 0. The molecule has 11 heavy (non-hydrogen) atoms. The van der Waals surface area contributed by atoms with E-state index < -0.39 is 0 Å². The SMILES string of the molecule is CNc1cccnc1NCI. The first kappa shape index (κ1) is 8.58. The molecule has 1 aromatic heterocycles. The lowest BCUT2D eigenvalue weighted by atomic mass is 10.4. The second-order valence-electron chi connectivity index (χ2n) is 1.96. The van der Waals surface area contributed by atoms with Crippen molar-refractivity contribution in [3.63, 3.8) is 0 Å². The zero-order valence-electron chi connectivity index (χ0n) is 6.26. The Kier molecular flexibility index (Phi) is 3.41. The van der Waals surface area contributed by atoms with Crippen LogP contribution in [0.15, 0.2) is 18.3 Å². The Bertz CT molecular complexity index is 227. The molecule has 1 aromatic rings. The lowest BCUT2D eigenvalue weighted by molar-refractivity contribution is 1.27. The molecule has 0 radical (unpaired) electrons. The maximum Gasteiger partial charge on any atom is 0.149 e. The zero-order valence-corrected chi connectivity index (χ0v) is 8.42. The van der Waals surface area contributed by atoms with Crippen molar-refractivity contribution in [2.75, 3.05) is 22.2 Å². The molecule has 1 heterocycles. The average molecular weight is 263 g/mol. The Morgan fingerprint density at radius 1 is 1.64 bits per heavy atom. The second-order valence-corrected chi connectivity index (χ2v) is 2.72. The summed E-state index contributed by atoms with van der Waals surface area (Å²) in [4.78, 5) is 4.16. The third-order valence-electron chi connectivity index (χ3n) is 1.31. The first-order valence-electron chi connectivity index (χ1n) is 3.31. The van der Waals surface area contributed by atoms with Crippen molar-refractivity contribution in [2.45, 2.75) is 0 Å². The largest absolute Gasteiger partial charge is 0.385 e. The summed E-state index contributed by atoms with van der Waals surface area (Å²) in [5, 5.41) is 6.19. The summed E-state index contributed by atoms with van der Waals surface area (Å²) < 4.78 is 0.865. The minimum atomic E-state index is 0.865. The summed E-state index contributed by atoms with van der Waals surface area (Å²) in [5.74, 6) is 0.907. The van der Waals surface area contributed by atoms with Crippen LogP contribution in [0, 0.1) is 0 Å². The van der Waals surface area contributed by atoms with E-state index in [9.17, 15) is 0 Å². The maximum atomic E-state index is 4.16. The molecule has 4 heteroatoms. The molecule has 60 valence electrons. The monoisotopic (exact) mass is 263 g/mol. The molecule has 1 rings (SSSR count). The molecule has 0 saturated carbocycles. The Labute approximate surface area is 79.7 Å². The van der Waals surface area contributed by atoms with Gasteiger partial charge in [-0.1, -0.05) is 22.6 Å². The molecule has 0 unspecified atom stereocenters. The van der Waals surface area contributed by atoms with Crippen LogP contribution in [0.3, 0.4) is 0 Å². The highest BCUT2D eigenvalue weighted by molar-refractivity contribution is 14.1. The van der Waals surface area contributed by atoms with Gasteiger partial charge in [-0.15, -0.1) is 0 Å². The molecule has 0 aliphatic rings. The van der Waals surface area contributed by atoms with Crippen LogP contribution in [-0.2, 0) is 0 Å². The first-order chi connectivity index (χ1) is 5.38. The van der Waals surface area contributed by atoms with E-state index in [4.69, 9.17) is 0 Å². The number of alkyl halides is 1. The number of halogens is 1. The molecule has 0 bridgehead atoms. The van der Waals surface area contributed by atoms with E-state index in [0.717, 1.165) is 16.1 Å². The summed E-state index contributed by atoms with van der Waals surface area (Å²) in [7, 11) is 1.88. The molecular weight excluding hydrogens is 253 g/mol. The van der Waals surface area contributed by atoms with Crippen LogP contribution in [0.4, 0.5) is 11.5 Å². The normalized spacial score (nSPS) is 9.27. The number of pyridine rings is 1. The van der Waals surface area contributed by atoms with Crippen LogP contribution in [-0.4, -0.2) is 16.6 Å². The van der Waals surface area contributed by atoms with Crippen molar-refractivity contribution in [1.82, 2.24) is 4.98 Å². The molecule has 3 nitrogen and oxygen atoms in total. The first-order valence-corrected chi connectivity index (χ1v) is 4.83. The van der Waals surface area contributed by atoms with Crippen molar-refractivity contribution in [2.24, 2.45) is 0 Å². The lowest BCUT2D eigenvalue weighted by Gasteiger charge is -2.06. The molecule has 0 fully saturated rings. The van der Waals surface area contributed by atoms with Gasteiger partial charge in [0.05, 0.1) is 10.2 Å². The fraction of sp³-hybridized carbons (Fsp3) is 0.286. The van der Waals surface area contributed by atoms with Crippen molar-refractivity contribution in [3.8, 4) is 0 Å². The number of hydrogen-bond donors (Lipinski definition) is 2. The van der Waals surface area contributed by atoms with Gasteiger partial charge in [0.15, 0.2) is 0 Å². The fourth-order valence-corrected chi connectivity index (χ4v) is 1.17. The Morgan fingerprint density at radius 2 is 2.45 bits per heavy atom. The molecule has 0 aliphatic carbocycles. The quantitative estimate of drug-likeness (QED) is 0.497. The number of rotatable bonds is 3. The number of anilines is 2. The van der Waals surface area contributed by atoms with E-state index in [-0.39, 0.29) is 0 Å². The number of nitrogens with one attached hydrogen (secondary N) is 2. The predicted octanol–water partition coefficient (Wildman–Crippen LogP) is 1.93. The highest BCUT2D eigenvalue weighted by Gasteiger charge is 1.96. The topological polar surface area (TPSA) is 37.0 Å². The van der Waals surface area contributed by atoms with Gasteiger partial charge in [0.25, 0.3) is 0 Å². The zero-order chi connectivity index (χ0) is 8.10. The molecule has 0 amide bonds. The summed E-state index contributed by atoms with van der Waals surface area (Å²) in [6, 6.07) is 3.89. The molecule has 0 aromatic carbocycles. The predicted molar refractivity (Wildman–Crippen MR) is 56.3 cm³/mol. The van der Waals surface area contributed by atoms with Crippen molar-refractivity contribution < 1.29 is 0 Å². The van der Waals surface area contributed by atoms with Gasteiger partial charge in [0.2, 0.25) is 0 Å². The van der Waals surface area contributed by atoms with Gasteiger partial charge in [0, 0.05) is 13.2 Å². The summed E-state index contributed by atoms with van der Waals surface area (Å²) >= 11 is 2.25. The Hall–Kier alpha value is -0.520. The van der Waals surface area contributed by atoms with Gasteiger partial charge in [0.1, 0.15) is 5.82 Å². The third kappa shape index (κ3) is 2.21. The van der Waals surface area contributed by atoms with E-state index in [1.165, 1.54) is 0 Å². The van der Waals surface area contributed by atoms with Gasteiger partial charge < -0.3 is 10.6 Å². The van der Waals surface area contributed by atoms with E-state index in [1.54, 1.807) is 6.20 Å². The van der Waals surface area contributed by atoms with Crippen molar-refractivity contribution in [3.05, 3.63) is 18.3 Å². The second kappa shape index (κ2) is 4.38. The molecular formula is C7H10IN3. The minimum Gasteiger partial charge on any atom is -0.385 e. The van der Waals surface area contributed by atoms with E-state index in [2.05, 4.69) is 38.2 Å². The van der Waals surface area contributed by atoms with Crippen LogP contribution in [0.1, 0.15) is 0 Å². The molecule has 2 N–H and O–H groups in total. The van der Waals surface area contributed by atoms with Crippen LogP contribution < -0.4 is 10.6 Å². The van der Waals surface area contributed by atoms with Gasteiger partial charge in [-0.3, -0.25) is 0 Å². The van der Waals surface area contributed by atoms with Crippen molar-refractivity contribution >= 4 is 34.1 Å². The average Bonchev–Trinajstić information content (AvgIpc) is 2.06. The van der Waals surface area contributed by atoms with Crippen LogP contribution >= 0.6 is 22.6 Å². The summed E-state index contributed by atoms with van der Waals surface area (Å²) in [6.07, 6.45) is 1.77. The summed E-state index contributed by atoms with van der Waals surface area (Å²) in [5.41, 5.74) is 1.03. The Morgan fingerprint density at radius 3 is 3.09 bits per heavy atom. The van der Waals surface area contributed by atoms with E-state index >= 15 is 0 Å². The van der Waals surface area contributed by atoms with Gasteiger partial charge in [-0.05, 0) is 12.1 Å². The highest BCUT2D eigenvalue weighted by Crippen LogP contribution is 2.16. The number of hydrogen-bond acceptors (Lipinski definition) is 3. The van der Waals surface area contributed by atoms with Gasteiger partial charge >= 0.3 is 0 Å². The molecule has 0 saturated heterocycles. The van der Waals surface area contributed by atoms with E-state index in [1.807, 2.05) is 19.2 Å². The van der Waals surface area contributed by atoms with Crippen LogP contribution in [0.25, 0.3) is 0 Å². The van der Waals surface area contributed by atoms with E-state index in [0.29, 0.717) is 0 Å². The third-order valence-corrected chi connectivity index (χ3v) is 1.69. The molecule has 0 aliphatic heterocycles. The van der Waals surface area contributed by atoms with Crippen LogP contribution in [0.5, 0.6) is 0 Å². The number of nitrogens with zero attached hydrogens (tertiary/aromatic N) is 1. The maximum absolute atomic E-state index is 4.16. The standard InChI is InChI=1S/C7H10IN3/c1-9-6-3-2-4-10-7(6)11-5-8/h2-4,9H,5H2,1H3,(H,10,11). The lowest BCUT2D eigenvalue weighted by Crippen LogP contribution is -2.01. The van der Waals surface area contributed by atoms with Crippen LogP contribution in [0.2, 0.25) is 0 Å². The smallest absolute Gasteiger partial charge is 0.149 e. The van der Waals surface area contributed by atoms with Gasteiger partial charge in [-0.2, -0.15) is 0 Å². The van der Waals surface area contributed by atoms with Crippen molar-refractivity contribution in [1.29, 1.82) is 0 Å². The molecule has 0 atom stereocenters. The number of aromatic nitrogens is 1. The highest BCUT2D eigenvalue weighted by atomic mass is 127. The Balaban J connectivity index is 2.83. The van der Waals surface area contributed by atoms with Gasteiger partial charge in [-0.25, -0.2) is 4.98 Å². The minimum absolute atomic E-state index is 0.865. The molecule has 0 spiro atoms. The fourth-order valence-electron chi connectivity index (χ4n) is 0.811.